The molecule has 7 N–H and O–H groups in total. The third-order valence-corrected chi connectivity index (χ3v) is 16.3. The number of nitrogens with two attached hydrogens (primary N) is 3. The van der Waals surface area contributed by atoms with Gasteiger partial charge in [-0.25, -0.2) is 8.78 Å². The molecule has 9 rings (SSSR count). The third kappa shape index (κ3) is 16.2. The van der Waals surface area contributed by atoms with Crippen LogP contribution in [0.15, 0.2) is 231 Å². The maximum atomic E-state index is 15.0. The van der Waals surface area contributed by atoms with E-state index in [1.54, 1.807) is 146 Å². The van der Waals surface area contributed by atoms with Crippen molar-refractivity contribution in [1.29, 1.82) is 0 Å². The summed E-state index contributed by atoms with van der Waals surface area (Å²) in [7, 11) is -6.67. The second-order valence-electron chi connectivity index (χ2n) is 14.9. The molecule has 0 aliphatic carbocycles. The zero-order valence-corrected chi connectivity index (χ0v) is 47.2. The molecule has 0 spiro atoms. The second kappa shape index (κ2) is 29.5. The van der Waals surface area contributed by atoms with Crippen LogP contribution in [0.3, 0.4) is 0 Å². The summed E-state index contributed by atoms with van der Waals surface area (Å²) in [4.78, 5) is 11.2. The zero-order valence-electron chi connectivity index (χ0n) is 40.2. The molecule has 0 saturated heterocycles. The Balaban J connectivity index is 0.000000322. The first-order valence-corrected chi connectivity index (χ1v) is 24.6. The minimum Gasteiger partial charge on any atom is -1.00 e. The number of benzene rings is 9. The van der Waals surface area contributed by atoms with Crippen molar-refractivity contribution < 1.29 is 152 Å². The number of phenolic OH excluding ortho intramolecular Hbond substituents is 1. The second-order valence-corrected chi connectivity index (χ2v) is 20.4. The number of carbonyl (C=O) groups excluding carboxylic acids is 1. The zero-order chi connectivity index (χ0) is 49.9. The number of anilines is 3. The molecule has 0 unspecified atom stereocenters. The average Bonchev–Trinajstić information content (AvgIpc) is 3.40. The van der Waals surface area contributed by atoms with E-state index in [9.17, 15) is 13.3 Å². The summed E-state index contributed by atoms with van der Waals surface area (Å²) in [6, 6.07) is 65.6. The van der Waals surface area contributed by atoms with Gasteiger partial charge in [0.15, 0.2) is 14.3 Å². The summed E-state index contributed by atoms with van der Waals surface area (Å²) in [5.41, 5.74) is 18.9. The topological polar surface area (TPSA) is 200 Å². The van der Waals surface area contributed by atoms with Crippen LogP contribution in [0, 0.1) is 11.6 Å². The van der Waals surface area contributed by atoms with Gasteiger partial charge in [0.05, 0.1) is 10.6 Å². The first kappa shape index (κ1) is 59.4. The quantitative estimate of drug-likeness (QED) is 0.0282. The van der Waals surface area contributed by atoms with Gasteiger partial charge in [0.25, 0.3) is 6.47 Å². The number of hydrogen-bond acceptors (Lipinski definition) is 11. The van der Waals surface area contributed by atoms with Crippen LogP contribution in [-0.2, 0) is 18.8 Å². The van der Waals surface area contributed by atoms with Crippen molar-refractivity contribution in [2.24, 2.45) is 0 Å². The van der Waals surface area contributed by atoms with Crippen molar-refractivity contribution in [2.75, 3.05) is 17.2 Å². The van der Waals surface area contributed by atoms with E-state index < -0.39 is 25.9 Å². The molecule has 356 valence electrons. The van der Waals surface area contributed by atoms with Gasteiger partial charge < -0.3 is 52.5 Å². The van der Waals surface area contributed by atoms with Crippen molar-refractivity contribution >= 4 is 69.6 Å². The van der Waals surface area contributed by atoms with Crippen molar-refractivity contribution in [3.63, 3.8) is 0 Å². The fraction of sp³-hybridized carbons (Fsp3) is 0. The fourth-order valence-electron chi connectivity index (χ4n) is 6.85. The molecule has 11 nitrogen and oxygen atoms in total. The Morgan fingerprint density at radius 2 is 0.792 bits per heavy atom. The number of aromatic hydroxyl groups is 1. The predicted molar refractivity (Wildman–Crippen MR) is 274 cm³/mol. The summed E-state index contributed by atoms with van der Waals surface area (Å²) >= 11 is 0. The molecule has 0 amide bonds. The number of nitrogen functional groups attached to an aromatic ring is 3. The van der Waals surface area contributed by atoms with Gasteiger partial charge in [0.1, 0.15) is 40.4 Å². The van der Waals surface area contributed by atoms with E-state index in [2.05, 4.69) is 4.89 Å². The van der Waals surface area contributed by atoms with Crippen molar-refractivity contribution in [3.8, 4) is 28.7 Å². The van der Waals surface area contributed by atoms with Crippen molar-refractivity contribution in [2.45, 2.75) is 0 Å². The molecule has 0 aliphatic rings. The monoisotopic (exact) mass is 1060 g/mol. The van der Waals surface area contributed by atoms with Gasteiger partial charge in [-0.3, -0.25) is 4.79 Å². The molecular weight excluding hydrogens is 1010 g/mol. The van der Waals surface area contributed by atoms with E-state index in [-0.39, 0.29) is 122 Å². The van der Waals surface area contributed by atoms with Crippen LogP contribution in [0.1, 0.15) is 1.43 Å². The Morgan fingerprint density at radius 3 is 1.15 bits per heavy atom. The predicted octanol–water partition coefficient (Wildman–Crippen LogP) is 3.21. The molecule has 0 radical (unpaired) electrons. The SMILES string of the molecule is Nc1ccc(O)cc1.Nc1ccc(Oc2ccc(P(=O)(c3ccccc3)c3ccccc3)c(Oc3ccc(N)cc3)c2)cc1.O=CO[O-].O=P(c1ccccc1)(c1ccccc1)c1ccc(F)cc1F.[H-].[K+].[K+]. The van der Waals surface area contributed by atoms with E-state index >= 15 is 4.57 Å². The largest absolute Gasteiger partial charge is 1.00 e. The number of halogens is 2. The van der Waals surface area contributed by atoms with Crippen LogP contribution in [0.25, 0.3) is 0 Å². The van der Waals surface area contributed by atoms with Crippen LogP contribution < -0.4 is 167 Å². The van der Waals surface area contributed by atoms with E-state index in [1.165, 1.54) is 6.07 Å². The average molecular weight is 1060 g/mol. The number of carbonyl (C=O) groups is 1. The molecule has 9 aromatic rings. The van der Waals surface area contributed by atoms with Crippen LogP contribution in [0.4, 0.5) is 25.8 Å². The van der Waals surface area contributed by atoms with Crippen LogP contribution in [0.2, 0.25) is 0 Å². The van der Waals surface area contributed by atoms with Gasteiger partial charge in [0.2, 0.25) is 0 Å². The van der Waals surface area contributed by atoms with Crippen molar-refractivity contribution in [1.82, 2.24) is 0 Å². The maximum Gasteiger partial charge on any atom is 1.00 e. The van der Waals surface area contributed by atoms with Gasteiger partial charge in [0, 0.05) is 50.4 Å². The fourth-order valence-corrected chi connectivity index (χ4v) is 12.3. The first-order valence-electron chi connectivity index (χ1n) is 21.2. The van der Waals surface area contributed by atoms with Gasteiger partial charge in [-0.15, -0.1) is 0 Å². The molecule has 0 heterocycles. The van der Waals surface area contributed by atoms with Crippen LogP contribution >= 0.6 is 14.3 Å². The molecule has 9 aromatic carbocycles. The normalized spacial score (nSPS) is 10.3. The smallest absolute Gasteiger partial charge is 1.00 e. The molecule has 0 aromatic heterocycles. The molecule has 17 heteroatoms. The Hall–Kier alpha value is -5.20. The van der Waals surface area contributed by atoms with E-state index in [4.69, 9.17) is 41.8 Å². The molecule has 72 heavy (non-hydrogen) atoms. The first-order chi connectivity index (χ1) is 33.8. The summed E-state index contributed by atoms with van der Waals surface area (Å²) in [6.45, 7) is -0.181. The van der Waals surface area contributed by atoms with Gasteiger partial charge >= 0.3 is 103 Å². The number of rotatable bonds is 11. The van der Waals surface area contributed by atoms with Crippen LogP contribution in [-0.4, -0.2) is 11.6 Å². The summed E-state index contributed by atoms with van der Waals surface area (Å²) in [5.74, 6) is 0.946. The maximum absolute atomic E-state index is 15.0. The number of hydrogen-bond donors (Lipinski definition) is 4. The van der Waals surface area contributed by atoms with Crippen molar-refractivity contribution in [3.05, 3.63) is 242 Å². The standard InChI is InChI=1S/C30H25N2O3P.C18H13F2OP.C6H7NO.CH2O3.2K.H/c31-22-11-15-24(16-12-22)34-26-19-20-30(29(21-26)35-25-17-13-23(32)14-18-25)36(33,27-7-3-1-4-8-27)28-9-5-2-6-10-28;19-14-11-12-18(17(20)13-14)22(21,15-7-3-1-4-8-15)16-9-5-2-6-10-16;7-5-1-3-6(8)4-2-5;2-1-4-3;;;/h1-21H,31-32H2;1-13H;1-4,8H,7H2;1,3H;;;/q;;;;2*+1;-1/p-1. The molecule has 0 aliphatic heterocycles. The van der Waals surface area contributed by atoms with E-state index in [0.717, 1.165) is 12.1 Å². The molecule has 0 bridgehead atoms. The Bertz CT molecular complexity index is 3070. The summed E-state index contributed by atoms with van der Waals surface area (Å²) in [6.07, 6.45) is 0. The molecule has 0 fully saturated rings. The molecule has 0 saturated carbocycles. The minimum atomic E-state index is -3.38. The summed E-state index contributed by atoms with van der Waals surface area (Å²) < 4.78 is 68.7. The number of phenols is 1. The number of ether oxygens (including phenoxy) is 2. The van der Waals surface area contributed by atoms with Gasteiger partial charge in [-0.2, -0.15) is 0 Å². The molecular formula is C55H47F2K2N3O8P2. The van der Waals surface area contributed by atoms with E-state index in [1.807, 2.05) is 66.7 Å². The molecule has 0 atom stereocenters. The minimum absolute atomic E-state index is 0. The van der Waals surface area contributed by atoms with Crippen LogP contribution in [0.5, 0.6) is 28.7 Å². The third-order valence-electron chi connectivity index (χ3n) is 10.2. The van der Waals surface area contributed by atoms with Gasteiger partial charge in [-0.05, 0) is 97.1 Å². The summed E-state index contributed by atoms with van der Waals surface area (Å²) in [5, 5.41) is 20.2. The Morgan fingerprint density at radius 1 is 0.458 bits per heavy atom. The Kier molecular flexibility index (Phi) is 24.3. The van der Waals surface area contributed by atoms with E-state index in [0.29, 0.717) is 66.6 Å². The Labute approximate surface area is 503 Å². The van der Waals surface area contributed by atoms with Gasteiger partial charge in [-0.1, -0.05) is 121 Å².